The number of hydrogen-bond acceptors (Lipinski definition) is 3. The summed E-state index contributed by atoms with van der Waals surface area (Å²) in [5, 5.41) is 11.1. The molecular formula is C12H8ClFN2O2. The lowest BCUT2D eigenvalue weighted by Gasteiger charge is -2.04. The summed E-state index contributed by atoms with van der Waals surface area (Å²) in [6, 6.07) is 6.81. The Morgan fingerprint density at radius 1 is 1.33 bits per heavy atom. The van der Waals surface area contributed by atoms with Gasteiger partial charge < -0.3 is 0 Å². The van der Waals surface area contributed by atoms with Crippen LogP contribution in [0.1, 0.15) is 5.56 Å². The van der Waals surface area contributed by atoms with E-state index in [9.17, 15) is 14.5 Å². The Bertz CT molecular complexity index is 631. The van der Waals surface area contributed by atoms with Gasteiger partial charge in [-0.2, -0.15) is 0 Å². The van der Waals surface area contributed by atoms with E-state index in [1.54, 1.807) is 6.92 Å². The molecule has 0 aliphatic rings. The Hall–Kier alpha value is -2.01. The molecule has 18 heavy (non-hydrogen) atoms. The van der Waals surface area contributed by atoms with Crippen molar-refractivity contribution in [3.05, 3.63) is 57.0 Å². The summed E-state index contributed by atoms with van der Waals surface area (Å²) in [4.78, 5) is 14.3. The fourth-order valence-corrected chi connectivity index (χ4v) is 1.73. The molecule has 4 nitrogen and oxygen atoms in total. The van der Waals surface area contributed by atoms with Crippen molar-refractivity contribution in [2.75, 3.05) is 0 Å². The SMILES string of the molecule is Cc1cc(-c2nc(Cl)ccc2[N+](=O)[O-])ccc1F. The maximum absolute atomic E-state index is 13.2. The third-order valence-electron chi connectivity index (χ3n) is 2.47. The quantitative estimate of drug-likeness (QED) is 0.472. The van der Waals surface area contributed by atoms with E-state index in [-0.39, 0.29) is 22.4 Å². The van der Waals surface area contributed by atoms with E-state index in [0.29, 0.717) is 11.1 Å². The molecule has 0 fully saturated rings. The van der Waals surface area contributed by atoms with Crippen LogP contribution < -0.4 is 0 Å². The number of aromatic nitrogens is 1. The average molecular weight is 267 g/mol. The number of aryl methyl sites for hydroxylation is 1. The highest BCUT2D eigenvalue weighted by Crippen LogP contribution is 2.30. The standard InChI is InChI=1S/C12H8ClFN2O2/c1-7-6-8(2-3-9(7)14)12-10(16(17)18)4-5-11(13)15-12/h2-6H,1H3. The minimum Gasteiger partial charge on any atom is -0.258 e. The molecule has 0 spiro atoms. The van der Waals surface area contributed by atoms with Gasteiger partial charge in [-0.25, -0.2) is 9.37 Å². The molecule has 1 heterocycles. The Morgan fingerprint density at radius 3 is 2.67 bits per heavy atom. The number of halogens is 2. The molecule has 92 valence electrons. The van der Waals surface area contributed by atoms with Gasteiger partial charge in [0, 0.05) is 11.6 Å². The molecule has 0 radical (unpaired) electrons. The second-order valence-electron chi connectivity index (χ2n) is 3.72. The van der Waals surface area contributed by atoms with Gasteiger partial charge in [0.1, 0.15) is 16.7 Å². The Balaban J connectivity index is 2.65. The van der Waals surface area contributed by atoms with E-state index < -0.39 is 4.92 Å². The number of pyridine rings is 1. The van der Waals surface area contributed by atoms with Crippen LogP contribution in [-0.4, -0.2) is 9.91 Å². The smallest absolute Gasteiger partial charge is 0.258 e. The number of nitro groups is 1. The molecule has 0 atom stereocenters. The van der Waals surface area contributed by atoms with Gasteiger partial charge in [0.05, 0.1) is 4.92 Å². The van der Waals surface area contributed by atoms with Crippen LogP contribution in [0.2, 0.25) is 5.15 Å². The summed E-state index contributed by atoms with van der Waals surface area (Å²) in [7, 11) is 0. The molecule has 2 aromatic rings. The van der Waals surface area contributed by atoms with Crippen molar-refractivity contribution in [2.24, 2.45) is 0 Å². The fraction of sp³-hybridized carbons (Fsp3) is 0.0833. The number of hydrogen-bond donors (Lipinski definition) is 0. The lowest BCUT2D eigenvalue weighted by Crippen LogP contribution is -1.95. The van der Waals surface area contributed by atoms with Crippen LogP contribution in [-0.2, 0) is 0 Å². The first kappa shape index (κ1) is 12.4. The minimum atomic E-state index is -0.544. The first-order valence-corrected chi connectivity index (χ1v) is 5.44. The summed E-state index contributed by atoms with van der Waals surface area (Å²) in [6.45, 7) is 1.58. The lowest BCUT2D eigenvalue weighted by atomic mass is 10.1. The van der Waals surface area contributed by atoms with Crippen LogP contribution in [0, 0.1) is 22.9 Å². The van der Waals surface area contributed by atoms with E-state index in [1.807, 2.05) is 0 Å². The molecule has 0 unspecified atom stereocenters. The zero-order valence-corrected chi connectivity index (χ0v) is 10.1. The normalized spacial score (nSPS) is 10.4. The van der Waals surface area contributed by atoms with Gasteiger partial charge in [0.15, 0.2) is 0 Å². The first-order valence-electron chi connectivity index (χ1n) is 5.06. The molecule has 0 aliphatic carbocycles. The van der Waals surface area contributed by atoms with Crippen molar-refractivity contribution in [3.8, 4) is 11.3 Å². The monoisotopic (exact) mass is 266 g/mol. The van der Waals surface area contributed by atoms with Crippen LogP contribution in [0.25, 0.3) is 11.3 Å². The summed E-state index contributed by atoms with van der Waals surface area (Å²) < 4.78 is 13.2. The topological polar surface area (TPSA) is 56.0 Å². The molecule has 1 aromatic heterocycles. The zero-order valence-electron chi connectivity index (χ0n) is 9.35. The number of rotatable bonds is 2. The van der Waals surface area contributed by atoms with Crippen molar-refractivity contribution < 1.29 is 9.31 Å². The largest absolute Gasteiger partial charge is 0.295 e. The second-order valence-corrected chi connectivity index (χ2v) is 4.11. The second kappa shape index (κ2) is 4.70. The van der Waals surface area contributed by atoms with Gasteiger partial charge in [0.25, 0.3) is 5.69 Å². The number of nitrogens with zero attached hydrogens (tertiary/aromatic N) is 2. The van der Waals surface area contributed by atoms with Gasteiger partial charge in [-0.1, -0.05) is 11.6 Å². The van der Waals surface area contributed by atoms with Crippen molar-refractivity contribution in [3.63, 3.8) is 0 Å². The molecule has 0 saturated heterocycles. The van der Waals surface area contributed by atoms with Crippen LogP contribution in [0.15, 0.2) is 30.3 Å². The van der Waals surface area contributed by atoms with Gasteiger partial charge in [-0.05, 0) is 36.8 Å². The predicted molar refractivity (Wildman–Crippen MR) is 66.0 cm³/mol. The van der Waals surface area contributed by atoms with Crippen molar-refractivity contribution >= 4 is 17.3 Å². The van der Waals surface area contributed by atoms with Crippen LogP contribution >= 0.6 is 11.6 Å². The molecule has 1 aromatic carbocycles. The highest BCUT2D eigenvalue weighted by molar-refractivity contribution is 6.29. The molecule has 0 amide bonds. The van der Waals surface area contributed by atoms with Crippen molar-refractivity contribution in [1.82, 2.24) is 4.98 Å². The molecule has 0 saturated carbocycles. The molecule has 6 heteroatoms. The van der Waals surface area contributed by atoms with E-state index in [2.05, 4.69) is 4.98 Å². The third kappa shape index (κ3) is 2.31. The molecule has 2 rings (SSSR count). The van der Waals surface area contributed by atoms with Crippen LogP contribution in [0.3, 0.4) is 0 Å². The van der Waals surface area contributed by atoms with E-state index in [4.69, 9.17) is 11.6 Å². The molecule has 0 bridgehead atoms. The highest BCUT2D eigenvalue weighted by atomic mass is 35.5. The van der Waals surface area contributed by atoms with Gasteiger partial charge >= 0.3 is 0 Å². The van der Waals surface area contributed by atoms with E-state index in [0.717, 1.165) is 0 Å². The van der Waals surface area contributed by atoms with Crippen LogP contribution in [0.4, 0.5) is 10.1 Å². The maximum Gasteiger partial charge on any atom is 0.295 e. The summed E-state index contributed by atoms with van der Waals surface area (Å²) >= 11 is 5.73. The lowest BCUT2D eigenvalue weighted by molar-refractivity contribution is -0.384. The van der Waals surface area contributed by atoms with Crippen molar-refractivity contribution in [2.45, 2.75) is 6.92 Å². The summed E-state index contributed by atoms with van der Waals surface area (Å²) in [6.07, 6.45) is 0. The molecule has 0 aliphatic heterocycles. The summed E-state index contributed by atoms with van der Waals surface area (Å²) in [5.74, 6) is -0.372. The molecular weight excluding hydrogens is 259 g/mol. The maximum atomic E-state index is 13.2. The predicted octanol–water partition coefficient (Wildman–Crippen LogP) is 3.76. The van der Waals surface area contributed by atoms with Gasteiger partial charge in [-0.15, -0.1) is 0 Å². The minimum absolute atomic E-state index is 0.135. The van der Waals surface area contributed by atoms with Crippen molar-refractivity contribution in [1.29, 1.82) is 0 Å². The third-order valence-corrected chi connectivity index (χ3v) is 2.68. The molecule has 0 N–H and O–H groups in total. The summed E-state index contributed by atoms with van der Waals surface area (Å²) in [5.41, 5.74) is 0.827. The van der Waals surface area contributed by atoms with E-state index >= 15 is 0 Å². The first-order chi connectivity index (χ1) is 8.49. The average Bonchev–Trinajstić information content (AvgIpc) is 2.32. The van der Waals surface area contributed by atoms with Crippen LogP contribution in [0.5, 0.6) is 0 Å². The Morgan fingerprint density at radius 2 is 2.06 bits per heavy atom. The van der Waals surface area contributed by atoms with E-state index in [1.165, 1.54) is 30.3 Å². The fourth-order valence-electron chi connectivity index (χ4n) is 1.58. The van der Waals surface area contributed by atoms with Gasteiger partial charge in [-0.3, -0.25) is 10.1 Å². The Kier molecular flexibility index (Phi) is 3.25. The Labute approximate surface area is 107 Å². The van der Waals surface area contributed by atoms with Gasteiger partial charge in [0.2, 0.25) is 0 Å². The zero-order chi connectivity index (χ0) is 13.3. The number of benzene rings is 1. The highest BCUT2D eigenvalue weighted by Gasteiger charge is 2.17.